The molecule has 1 aromatic rings. The molecule has 0 radical (unpaired) electrons. The number of carbonyl (C=O) groups is 2. The van der Waals surface area contributed by atoms with Gasteiger partial charge < -0.3 is 14.5 Å². The lowest BCUT2D eigenvalue weighted by atomic mass is 9.97. The van der Waals surface area contributed by atoms with Crippen LogP contribution in [0.3, 0.4) is 0 Å². The van der Waals surface area contributed by atoms with Crippen molar-refractivity contribution in [2.24, 2.45) is 0 Å². The van der Waals surface area contributed by atoms with Crippen LogP contribution in [-0.4, -0.2) is 84.5 Å². The molecular weight excluding hydrogens is 342 g/mol. The highest BCUT2D eigenvalue weighted by molar-refractivity contribution is 5.98. The van der Waals surface area contributed by atoms with Crippen molar-refractivity contribution in [3.05, 3.63) is 35.4 Å². The van der Waals surface area contributed by atoms with E-state index in [9.17, 15) is 9.59 Å². The van der Waals surface area contributed by atoms with Gasteiger partial charge in [0.15, 0.2) is 0 Å². The number of morpholine rings is 1. The Hall–Kier alpha value is -1.92. The molecule has 2 amide bonds. The number of ether oxygens (including phenoxy) is 1. The van der Waals surface area contributed by atoms with Crippen molar-refractivity contribution in [2.45, 2.75) is 38.3 Å². The van der Waals surface area contributed by atoms with Crippen molar-refractivity contribution >= 4 is 11.8 Å². The van der Waals surface area contributed by atoms with Crippen molar-refractivity contribution in [3.8, 4) is 0 Å². The minimum atomic E-state index is 0.0143. The van der Waals surface area contributed by atoms with Gasteiger partial charge in [-0.1, -0.05) is 6.42 Å². The molecule has 0 aromatic heterocycles. The summed E-state index contributed by atoms with van der Waals surface area (Å²) >= 11 is 0. The van der Waals surface area contributed by atoms with Crippen LogP contribution in [0.2, 0.25) is 0 Å². The molecule has 6 nitrogen and oxygen atoms in total. The van der Waals surface area contributed by atoms with Crippen LogP contribution < -0.4 is 0 Å². The van der Waals surface area contributed by atoms with Gasteiger partial charge in [0.1, 0.15) is 0 Å². The first-order valence-corrected chi connectivity index (χ1v) is 10.2. The summed E-state index contributed by atoms with van der Waals surface area (Å²) in [7, 11) is 0. The van der Waals surface area contributed by atoms with Crippen LogP contribution >= 0.6 is 0 Å². The molecular formula is C21H29N3O3. The van der Waals surface area contributed by atoms with Crippen LogP contribution in [0.1, 0.15) is 46.9 Å². The summed E-state index contributed by atoms with van der Waals surface area (Å²) in [5.41, 5.74) is 1.30. The van der Waals surface area contributed by atoms with Gasteiger partial charge in [-0.3, -0.25) is 14.5 Å². The number of hydrogen-bond donors (Lipinski definition) is 0. The van der Waals surface area contributed by atoms with Crippen LogP contribution in [0.4, 0.5) is 0 Å². The molecule has 3 fully saturated rings. The molecule has 3 saturated heterocycles. The Morgan fingerprint density at radius 1 is 0.889 bits per heavy atom. The third kappa shape index (κ3) is 3.87. The first kappa shape index (κ1) is 18.4. The van der Waals surface area contributed by atoms with E-state index in [1.807, 2.05) is 4.90 Å². The van der Waals surface area contributed by atoms with Crippen LogP contribution in [0.25, 0.3) is 0 Å². The zero-order valence-electron chi connectivity index (χ0n) is 16.1. The largest absolute Gasteiger partial charge is 0.378 e. The van der Waals surface area contributed by atoms with Gasteiger partial charge in [-0.25, -0.2) is 0 Å². The minimum Gasteiger partial charge on any atom is -0.378 e. The Bertz CT molecular complexity index is 678. The summed E-state index contributed by atoms with van der Waals surface area (Å²) in [5, 5.41) is 0. The molecule has 1 aromatic carbocycles. The normalized spacial score (nSPS) is 24.6. The standard InChI is InChI=1S/C21H29N3O3/c1-16-4-2-3-9-24(16)19-14-23(15-19)21(26)18-7-5-17(6-8-18)20(25)22-10-12-27-13-11-22/h5-8,16,19H,2-4,9-15H2,1H3/t16-/m0/s1. The molecule has 0 N–H and O–H groups in total. The zero-order chi connectivity index (χ0) is 18.8. The molecule has 0 aliphatic carbocycles. The first-order valence-electron chi connectivity index (χ1n) is 10.2. The molecule has 0 spiro atoms. The van der Waals surface area contributed by atoms with E-state index in [1.54, 1.807) is 29.2 Å². The predicted octanol–water partition coefficient (Wildman–Crippen LogP) is 1.86. The van der Waals surface area contributed by atoms with E-state index in [1.165, 1.54) is 19.3 Å². The van der Waals surface area contributed by atoms with E-state index >= 15 is 0 Å². The van der Waals surface area contributed by atoms with Gasteiger partial charge in [0.25, 0.3) is 11.8 Å². The quantitative estimate of drug-likeness (QED) is 0.814. The smallest absolute Gasteiger partial charge is 0.254 e. The number of carbonyl (C=O) groups excluding carboxylic acids is 2. The molecule has 0 bridgehead atoms. The van der Waals surface area contributed by atoms with Crippen molar-refractivity contribution in [2.75, 3.05) is 45.9 Å². The summed E-state index contributed by atoms with van der Waals surface area (Å²) in [6.07, 6.45) is 3.86. The molecule has 1 atom stereocenters. The molecule has 3 heterocycles. The lowest BCUT2D eigenvalue weighted by Gasteiger charge is -2.49. The van der Waals surface area contributed by atoms with E-state index in [-0.39, 0.29) is 11.8 Å². The lowest BCUT2D eigenvalue weighted by Crippen LogP contribution is -2.63. The average molecular weight is 371 g/mol. The molecule has 146 valence electrons. The second kappa shape index (κ2) is 7.98. The number of likely N-dealkylation sites (tertiary alicyclic amines) is 2. The fourth-order valence-electron chi connectivity index (χ4n) is 4.38. The SMILES string of the molecule is C[C@H]1CCCCN1C1CN(C(=O)c2ccc(C(=O)N3CCOCC3)cc2)C1. The van der Waals surface area contributed by atoms with Crippen LogP contribution in [0.15, 0.2) is 24.3 Å². The maximum absolute atomic E-state index is 12.7. The molecule has 6 heteroatoms. The monoisotopic (exact) mass is 371 g/mol. The summed E-state index contributed by atoms with van der Waals surface area (Å²) in [6, 6.07) is 8.25. The maximum Gasteiger partial charge on any atom is 0.254 e. The van der Waals surface area contributed by atoms with Crippen LogP contribution in [0.5, 0.6) is 0 Å². The van der Waals surface area contributed by atoms with Gasteiger partial charge in [0.05, 0.1) is 13.2 Å². The number of piperidine rings is 1. The number of nitrogens with zero attached hydrogens (tertiary/aromatic N) is 3. The second-order valence-electron chi connectivity index (χ2n) is 7.93. The number of benzene rings is 1. The number of hydrogen-bond acceptors (Lipinski definition) is 4. The van der Waals surface area contributed by atoms with E-state index in [2.05, 4.69) is 11.8 Å². The van der Waals surface area contributed by atoms with Gasteiger partial charge in [0, 0.05) is 49.4 Å². The van der Waals surface area contributed by atoms with Gasteiger partial charge in [-0.15, -0.1) is 0 Å². The van der Waals surface area contributed by atoms with E-state index < -0.39 is 0 Å². The Balaban J connectivity index is 1.32. The summed E-state index contributed by atoms with van der Waals surface area (Å²) in [5.74, 6) is 0.0849. The zero-order valence-corrected chi connectivity index (χ0v) is 16.1. The third-order valence-corrected chi connectivity index (χ3v) is 6.15. The molecule has 3 aliphatic heterocycles. The van der Waals surface area contributed by atoms with Crippen LogP contribution in [-0.2, 0) is 4.74 Å². The second-order valence-corrected chi connectivity index (χ2v) is 7.93. The first-order chi connectivity index (χ1) is 13.1. The average Bonchev–Trinajstić information content (AvgIpc) is 2.68. The number of amides is 2. The van der Waals surface area contributed by atoms with Gasteiger partial charge in [-0.2, -0.15) is 0 Å². The molecule has 0 saturated carbocycles. The summed E-state index contributed by atoms with van der Waals surface area (Å²) in [4.78, 5) is 31.5. The summed E-state index contributed by atoms with van der Waals surface area (Å²) in [6.45, 7) is 7.53. The molecule has 3 aliphatic rings. The highest BCUT2D eigenvalue weighted by atomic mass is 16.5. The van der Waals surface area contributed by atoms with Crippen molar-refractivity contribution in [1.29, 1.82) is 0 Å². The lowest BCUT2D eigenvalue weighted by molar-refractivity contribution is 0.00212. The van der Waals surface area contributed by atoms with E-state index in [4.69, 9.17) is 4.74 Å². The van der Waals surface area contributed by atoms with Gasteiger partial charge in [-0.05, 0) is 50.6 Å². The maximum atomic E-state index is 12.7. The van der Waals surface area contributed by atoms with E-state index in [0.29, 0.717) is 49.5 Å². The number of rotatable bonds is 3. The predicted molar refractivity (Wildman–Crippen MR) is 103 cm³/mol. The van der Waals surface area contributed by atoms with Gasteiger partial charge >= 0.3 is 0 Å². The Morgan fingerprint density at radius 3 is 2.07 bits per heavy atom. The summed E-state index contributed by atoms with van der Waals surface area (Å²) < 4.78 is 5.29. The van der Waals surface area contributed by atoms with Gasteiger partial charge in [0.2, 0.25) is 0 Å². The van der Waals surface area contributed by atoms with E-state index in [0.717, 1.165) is 19.6 Å². The van der Waals surface area contributed by atoms with Crippen molar-refractivity contribution in [1.82, 2.24) is 14.7 Å². The van der Waals surface area contributed by atoms with Crippen molar-refractivity contribution < 1.29 is 14.3 Å². The highest BCUT2D eigenvalue weighted by Gasteiger charge is 2.37. The highest BCUT2D eigenvalue weighted by Crippen LogP contribution is 2.25. The fraction of sp³-hybridized carbons (Fsp3) is 0.619. The third-order valence-electron chi connectivity index (χ3n) is 6.15. The van der Waals surface area contributed by atoms with Crippen LogP contribution in [0, 0.1) is 0 Å². The fourth-order valence-corrected chi connectivity index (χ4v) is 4.38. The molecule has 0 unspecified atom stereocenters. The topological polar surface area (TPSA) is 53.1 Å². The Labute approximate surface area is 161 Å². The molecule has 27 heavy (non-hydrogen) atoms. The Kier molecular flexibility index (Phi) is 5.45. The molecule has 4 rings (SSSR count). The minimum absolute atomic E-state index is 0.0143. The Morgan fingerprint density at radius 2 is 1.48 bits per heavy atom. The van der Waals surface area contributed by atoms with Crippen molar-refractivity contribution in [3.63, 3.8) is 0 Å².